The van der Waals surface area contributed by atoms with E-state index in [4.69, 9.17) is 14.5 Å². The van der Waals surface area contributed by atoms with Gasteiger partial charge in [-0.2, -0.15) is 0 Å². The van der Waals surface area contributed by atoms with E-state index < -0.39 is 0 Å². The molecule has 30 heavy (non-hydrogen) atoms. The van der Waals surface area contributed by atoms with Gasteiger partial charge in [0.25, 0.3) is 5.91 Å². The van der Waals surface area contributed by atoms with Crippen molar-refractivity contribution in [1.82, 2.24) is 9.88 Å². The number of aromatic nitrogens is 1. The monoisotopic (exact) mass is 537 g/mol. The third kappa shape index (κ3) is 4.93. The summed E-state index contributed by atoms with van der Waals surface area (Å²) in [4.78, 5) is 22.5. The molecule has 0 bridgehead atoms. The molecule has 0 aliphatic carbocycles. The summed E-state index contributed by atoms with van der Waals surface area (Å²) < 4.78 is 12.7. The Balaban J connectivity index is 1.59. The number of morpholine rings is 1. The maximum Gasteiger partial charge on any atom is 0.261 e. The molecule has 1 aliphatic heterocycles. The Morgan fingerprint density at radius 3 is 2.83 bits per heavy atom. The molecule has 2 heterocycles. The van der Waals surface area contributed by atoms with Crippen LogP contribution >= 0.6 is 33.9 Å². The van der Waals surface area contributed by atoms with E-state index in [9.17, 15) is 4.79 Å². The van der Waals surface area contributed by atoms with Gasteiger partial charge in [-0.3, -0.25) is 14.6 Å². The summed E-state index contributed by atoms with van der Waals surface area (Å²) in [6, 6.07) is 13.5. The van der Waals surface area contributed by atoms with Crippen molar-refractivity contribution in [1.29, 1.82) is 0 Å². The highest BCUT2D eigenvalue weighted by Crippen LogP contribution is 2.32. The average molecular weight is 537 g/mol. The fraction of sp³-hybridized carbons (Fsp3) is 0.364. The molecule has 1 saturated heterocycles. The van der Waals surface area contributed by atoms with Crippen LogP contribution in [0, 0.1) is 3.57 Å². The molecule has 4 rings (SSSR count). The first kappa shape index (κ1) is 21.5. The highest BCUT2D eigenvalue weighted by molar-refractivity contribution is 14.1. The standard InChI is InChI=1S/C22H24IN3O3S/c1-28-16-7-8-20-19(15-16)24-22(30-20)26(10-4-9-25-11-13-29-14-12-25)21(27)17-5-2-3-6-18(17)23/h2-3,5-8,15H,4,9-14H2,1H3. The maximum atomic E-state index is 13.5. The molecule has 0 radical (unpaired) electrons. The number of nitrogens with zero attached hydrogens (tertiary/aromatic N) is 3. The van der Waals surface area contributed by atoms with Crippen LogP contribution in [0.2, 0.25) is 0 Å². The number of benzene rings is 2. The van der Waals surface area contributed by atoms with Crippen LogP contribution in [-0.2, 0) is 4.74 Å². The molecular formula is C22H24IN3O3S. The van der Waals surface area contributed by atoms with Gasteiger partial charge in [0, 0.05) is 35.8 Å². The van der Waals surface area contributed by atoms with Crippen LogP contribution in [-0.4, -0.2) is 62.3 Å². The first-order valence-corrected chi connectivity index (χ1v) is 11.9. The van der Waals surface area contributed by atoms with E-state index in [2.05, 4.69) is 27.5 Å². The summed E-state index contributed by atoms with van der Waals surface area (Å²) >= 11 is 3.76. The smallest absolute Gasteiger partial charge is 0.261 e. The molecular weight excluding hydrogens is 513 g/mol. The molecule has 1 fully saturated rings. The second-order valence-electron chi connectivity index (χ2n) is 7.07. The Labute approximate surface area is 193 Å². The number of halogens is 1. The Morgan fingerprint density at radius 2 is 2.07 bits per heavy atom. The van der Waals surface area contributed by atoms with Crippen molar-refractivity contribution in [3.8, 4) is 5.75 Å². The lowest BCUT2D eigenvalue weighted by Gasteiger charge is -2.27. The summed E-state index contributed by atoms with van der Waals surface area (Å²) in [5.74, 6) is 0.759. The number of rotatable bonds is 7. The lowest BCUT2D eigenvalue weighted by atomic mass is 10.2. The van der Waals surface area contributed by atoms with Gasteiger partial charge in [0.2, 0.25) is 0 Å². The van der Waals surface area contributed by atoms with Crippen molar-refractivity contribution in [3.05, 3.63) is 51.6 Å². The minimum absolute atomic E-state index is 0.00648. The van der Waals surface area contributed by atoms with Gasteiger partial charge >= 0.3 is 0 Å². The molecule has 0 saturated carbocycles. The Hall–Kier alpha value is -1.75. The number of carbonyl (C=O) groups excluding carboxylic acids is 1. The molecule has 3 aromatic rings. The molecule has 158 valence electrons. The van der Waals surface area contributed by atoms with Crippen molar-refractivity contribution in [2.24, 2.45) is 0 Å². The average Bonchev–Trinajstić information content (AvgIpc) is 3.20. The summed E-state index contributed by atoms with van der Waals surface area (Å²) in [6.07, 6.45) is 0.883. The van der Waals surface area contributed by atoms with Gasteiger partial charge in [-0.05, 0) is 53.3 Å². The van der Waals surface area contributed by atoms with E-state index in [1.807, 2.05) is 47.4 Å². The van der Waals surface area contributed by atoms with Crippen molar-refractivity contribution in [3.63, 3.8) is 0 Å². The second kappa shape index (κ2) is 10.0. The molecule has 1 aliphatic rings. The van der Waals surface area contributed by atoms with Crippen molar-refractivity contribution >= 4 is 55.2 Å². The van der Waals surface area contributed by atoms with Crippen LogP contribution in [0.5, 0.6) is 5.75 Å². The zero-order chi connectivity index (χ0) is 20.9. The summed E-state index contributed by atoms with van der Waals surface area (Å²) in [7, 11) is 1.65. The topological polar surface area (TPSA) is 54.9 Å². The molecule has 0 N–H and O–H groups in total. The normalized spacial score (nSPS) is 14.7. The molecule has 1 amide bonds. The van der Waals surface area contributed by atoms with E-state index in [-0.39, 0.29) is 5.91 Å². The third-order valence-electron chi connectivity index (χ3n) is 5.12. The van der Waals surface area contributed by atoms with E-state index in [1.165, 1.54) is 0 Å². The molecule has 0 atom stereocenters. The van der Waals surface area contributed by atoms with Crippen LogP contribution in [0.3, 0.4) is 0 Å². The fourth-order valence-corrected chi connectivity index (χ4v) is 5.07. The van der Waals surface area contributed by atoms with Crippen molar-refractivity contribution in [2.45, 2.75) is 6.42 Å². The Morgan fingerprint density at radius 1 is 1.27 bits per heavy atom. The van der Waals surface area contributed by atoms with Crippen LogP contribution in [0.4, 0.5) is 5.13 Å². The lowest BCUT2D eigenvalue weighted by molar-refractivity contribution is 0.0376. The van der Waals surface area contributed by atoms with Crippen LogP contribution in [0.15, 0.2) is 42.5 Å². The zero-order valence-corrected chi connectivity index (χ0v) is 19.8. The second-order valence-corrected chi connectivity index (χ2v) is 9.25. The first-order chi connectivity index (χ1) is 14.7. The Bertz CT molecular complexity index is 1020. The number of methoxy groups -OCH3 is 1. The molecule has 0 unspecified atom stereocenters. The minimum atomic E-state index is -0.00648. The number of fused-ring (bicyclic) bond motifs is 1. The fourth-order valence-electron chi connectivity index (χ4n) is 3.48. The van der Waals surface area contributed by atoms with Gasteiger partial charge in [-0.15, -0.1) is 0 Å². The number of carbonyl (C=O) groups is 1. The highest BCUT2D eigenvalue weighted by Gasteiger charge is 2.23. The van der Waals surface area contributed by atoms with E-state index in [1.54, 1.807) is 18.4 Å². The maximum absolute atomic E-state index is 13.5. The largest absolute Gasteiger partial charge is 0.497 e. The minimum Gasteiger partial charge on any atom is -0.497 e. The predicted molar refractivity (Wildman–Crippen MR) is 129 cm³/mol. The number of amides is 1. The van der Waals surface area contributed by atoms with E-state index in [0.29, 0.717) is 12.1 Å². The van der Waals surface area contributed by atoms with E-state index in [0.717, 1.165) is 63.9 Å². The van der Waals surface area contributed by atoms with Crippen molar-refractivity contribution in [2.75, 3.05) is 51.4 Å². The molecule has 2 aromatic carbocycles. The number of thiazole rings is 1. The number of hydrogen-bond acceptors (Lipinski definition) is 6. The molecule has 6 nitrogen and oxygen atoms in total. The van der Waals surface area contributed by atoms with Gasteiger partial charge in [0.05, 0.1) is 36.1 Å². The van der Waals surface area contributed by atoms with Crippen LogP contribution < -0.4 is 9.64 Å². The van der Waals surface area contributed by atoms with Gasteiger partial charge in [-0.25, -0.2) is 4.98 Å². The quantitative estimate of drug-likeness (QED) is 0.422. The predicted octanol–water partition coefficient (Wildman–Crippen LogP) is 4.28. The number of ether oxygens (including phenoxy) is 2. The summed E-state index contributed by atoms with van der Waals surface area (Å²) in [6.45, 7) is 5.03. The van der Waals surface area contributed by atoms with Crippen LogP contribution in [0.25, 0.3) is 10.2 Å². The summed E-state index contributed by atoms with van der Waals surface area (Å²) in [5.41, 5.74) is 1.56. The van der Waals surface area contributed by atoms with Crippen molar-refractivity contribution < 1.29 is 14.3 Å². The summed E-state index contributed by atoms with van der Waals surface area (Å²) in [5, 5.41) is 0.727. The number of anilines is 1. The van der Waals surface area contributed by atoms with Gasteiger partial charge in [0.15, 0.2) is 5.13 Å². The SMILES string of the molecule is COc1ccc2sc(N(CCCN3CCOCC3)C(=O)c3ccccc3I)nc2c1. The molecule has 8 heteroatoms. The lowest BCUT2D eigenvalue weighted by Crippen LogP contribution is -2.39. The third-order valence-corrected chi connectivity index (χ3v) is 7.12. The Kier molecular flexibility index (Phi) is 7.19. The zero-order valence-electron chi connectivity index (χ0n) is 16.8. The van der Waals surface area contributed by atoms with Crippen LogP contribution in [0.1, 0.15) is 16.8 Å². The number of hydrogen-bond donors (Lipinski definition) is 0. The molecule has 1 aromatic heterocycles. The highest BCUT2D eigenvalue weighted by atomic mass is 127. The molecule has 0 spiro atoms. The van der Waals surface area contributed by atoms with Gasteiger partial charge in [0.1, 0.15) is 5.75 Å². The van der Waals surface area contributed by atoms with Gasteiger partial charge in [-0.1, -0.05) is 23.5 Å². The first-order valence-electron chi connectivity index (χ1n) is 9.97. The van der Waals surface area contributed by atoms with Gasteiger partial charge < -0.3 is 9.47 Å². The van der Waals surface area contributed by atoms with E-state index >= 15 is 0 Å².